The van der Waals surface area contributed by atoms with Gasteiger partial charge in [-0.2, -0.15) is 6.07 Å². The van der Waals surface area contributed by atoms with E-state index in [1.165, 1.54) is 17.7 Å². The van der Waals surface area contributed by atoms with Gasteiger partial charge in [0, 0.05) is 72.5 Å². The molecule has 7 heteroatoms. The number of anilines is 4. The molecule has 0 amide bonds. The number of benzene rings is 8. The first kappa shape index (κ1) is 41.7. The summed E-state index contributed by atoms with van der Waals surface area (Å²) in [5.41, 5.74) is 12.9. The number of para-hydroxylation sites is 4. The van der Waals surface area contributed by atoms with Crippen molar-refractivity contribution in [2.45, 2.75) is 26.2 Å². The molecule has 0 bridgehead atoms. The van der Waals surface area contributed by atoms with Gasteiger partial charge in [-0.3, -0.25) is 0 Å². The number of fused-ring (bicyclic) bond motifs is 4. The summed E-state index contributed by atoms with van der Waals surface area (Å²) in [5, 5.41) is 2.18. The van der Waals surface area contributed by atoms with Crippen LogP contribution in [0.1, 0.15) is 26.3 Å². The maximum Gasteiger partial charge on any atom is 0.135 e. The van der Waals surface area contributed by atoms with Crippen molar-refractivity contribution in [2.75, 3.05) is 9.80 Å². The normalized spacial score (nSPS) is 12.4. The van der Waals surface area contributed by atoms with Gasteiger partial charge in [-0.05, 0) is 75.5 Å². The van der Waals surface area contributed by atoms with E-state index in [9.17, 15) is 4.39 Å². The molecule has 0 saturated carbocycles. The largest absolute Gasteiger partial charge is 0.509 e. The fourth-order valence-corrected chi connectivity index (χ4v) is 8.81. The van der Waals surface area contributed by atoms with E-state index in [1.54, 1.807) is 0 Å². The molecular formula is C58H42FN4OPt-3. The summed E-state index contributed by atoms with van der Waals surface area (Å²) in [6, 6.07) is 70.4. The van der Waals surface area contributed by atoms with Gasteiger partial charge in [0.2, 0.25) is 0 Å². The molecule has 2 aromatic heterocycles. The Kier molecular flexibility index (Phi) is 10.9. The monoisotopic (exact) mass is 1020 g/mol. The average Bonchev–Trinajstić information content (AvgIpc) is 3.88. The summed E-state index contributed by atoms with van der Waals surface area (Å²) in [4.78, 5) is 9.28. The molecule has 0 unspecified atom stereocenters. The van der Waals surface area contributed by atoms with E-state index < -0.39 is 0 Å². The Morgan fingerprint density at radius 3 is 1.92 bits per heavy atom. The molecule has 3 heterocycles. The van der Waals surface area contributed by atoms with Crippen molar-refractivity contribution >= 4 is 44.6 Å². The van der Waals surface area contributed by atoms with Crippen LogP contribution in [0.15, 0.2) is 194 Å². The van der Waals surface area contributed by atoms with E-state index in [0.717, 1.165) is 83.8 Å². The van der Waals surface area contributed by atoms with E-state index in [0.29, 0.717) is 11.5 Å². The van der Waals surface area contributed by atoms with Crippen molar-refractivity contribution in [1.82, 2.24) is 9.55 Å². The first-order valence-electron chi connectivity index (χ1n) is 21.5. The molecule has 1 aliphatic rings. The second-order valence-corrected chi connectivity index (χ2v) is 17.1. The van der Waals surface area contributed by atoms with Crippen molar-refractivity contribution in [1.29, 1.82) is 0 Å². The van der Waals surface area contributed by atoms with Crippen molar-refractivity contribution in [2.24, 2.45) is 0 Å². The van der Waals surface area contributed by atoms with Gasteiger partial charge in [0.1, 0.15) is 11.6 Å². The Balaban J connectivity index is 0.00000498. The van der Waals surface area contributed by atoms with Crippen LogP contribution in [-0.4, -0.2) is 9.55 Å². The number of nitrogens with zero attached hydrogens (tertiary/aromatic N) is 4. The van der Waals surface area contributed by atoms with Crippen LogP contribution >= 0.6 is 0 Å². The Hall–Kier alpha value is -7.27. The van der Waals surface area contributed by atoms with E-state index in [4.69, 9.17) is 9.72 Å². The smallest absolute Gasteiger partial charge is 0.135 e. The number of rotatable bonds is 8. The molecule has 8 aromatic carbocycles. The number of hydrogen-bond donors (Lipinski definition) is 0. The average molecular weight is 1030 g/mol. The molecular weight excluding hydrogens is 983 g/mol. The number of pyridine rings is 1. The van der Waals surface area contributed by atoms with Crippen molar-refractivity contribution in [3.63, 3.8) is 0 Å². The maximum atomic E-state index is 14.3. The fourth-order valence-electron chi connectivity index (χ4n) is 8.81. The second kappa shape index (κ2) is 17.0. The Bertz CT molecular complexity index is 3340. The molecule has 0 saturated heterocycles. The minimum absolute atomic E-state index is 0. The van der Waals surface area contributed by atoms with Crippen LogP contribution in [-0.2, 0) is 26.5 Å². The van der Waals surface area contributed by atoms with Gasteiger partial charge in [0.15, 0.2) is 0 Å². The van der Waals surface area contributed by atoms with Crippen LogP contribution in [0.2, 0.25) is 0 Å². The number of aromatic nitrogens is 2. The quantitative estimate of drug-likeness (QED) is 0.142. The topological polar surface area (TPSA) is 33.5 Å². The van der Waals surface area contributed by atoms with Crippen LogP contribution in [0, 0.1) is 24.6 Å². The van der Waals surface area contributed by atoms with Crippen LogP contribution in [0.5, 0.6) is 11.5 Å². The van der Waals surface area contributed by atoms with Crippen molar-refractivity contribution < 1.29 is 30.2 Å². The zero-order chi connectivity index (χ0) is 43.4. The maximum absolute atomic E-state index is 14.3. The molecule has 10 aromatic rings. The van der Waals surface area contributed by atoms with E-state index in [-0.39, 0.29) is 32.3 Å². The third-order valence-corrected chi connectivity index (χ3v) is 12.0. The van der Waals surface area contributed by atoms with E-state index in [1.807, 2.05) is 54.7 Å². The molecule has 5 nitrogen and oxygen atoms in total. The zero-order valence-electron chi connectivity index (χ0n) is 35.9. The van der Waals surface area contributed by atoms with Crippen LogP contribution < -0.4 is 14.5 Å². The minimum atomic E-state index is -0.275. The fraction of sp³-hybridized carbons (Fsp3) is 0.0690. The second-order valence-electron chi connectivity index (χ2n) is 17.1. The molecule has 0 N–H and O–H groups in total. The molecule has 0 fully saturated rings. The Morgan fingerprint density at radius 2 is 1.20 bits per heavy atom. The molecule has 0 aliphatic carbocycles. The first-order valence-corrected chi connectivity index (χ1v) is 21.5. The Morgan fingerprint density at radius 1 is 0.554 bits per heavy atom. The molecule has 0 atom stereocenters. The van der Waals surface area contributed by atoms with E-state index >= 15 is 0 Å². The van der Waals surface area contributed by atoms with Gasteiger partial charge in [-0.15, -0.1) is 53.6 Å². The van der Waals surface area contributed by atoms with Gasteiger partial charge in [0.05, 0.1) is 0 Å². The SMILES string of the molecule is CC(C)(C)c1ccnc(-n2c3[c-]c(Oc4[c-]c(N5[CH-]N(c6c(-c7ccccc7)cccc6-c6ccc(F)cc6)c6ccccc65)cc(-c5ccccc5)c4)ccc3c3ccccc32)c1.[Pt]. The molecule has 0 radical (unpaired) electrons. The molecule has 65 heavy (non-hydrogen) atoms. The number of halogens is 1. The minimum Gasteiger partial charge on any atom is -0.509 e. The number of ether oxygens (including phenoxy) is 1. The third-order valence-electron chi connectivity index (χ3n) is 12.0. The van der Waals surface area contributed by atoms with Crippen molar-refractivity contribution in [3.8, 4) is 50.7 Å². The van der Waals surface area contributed by atoms with Gasteiger partial charge in [-0.1, -0.05) is 148 Å². The predicted molar refractivity (Wildman–Crippen MR) is 259 cm³/mol. The summed E-state index contributed by atoms with van der Waals surface area (Å²) in [7, 11) is 0. The molecule has 320 valence electrons. The summed E-state index contributed by atoms with van der Waals surface area (Å²) in [6.07, 6.45) is 1.89. The molecule has 0 spiro atoms. The van der Waals surface area contributed by atoms with E-state index in [2.05, 4.69) is 181 Å². The van der Waals surface area contributed by atoms with Gasteiger partial charge in [-0.25, -0.2) is 9.37 Å². The van der Waals surface area contributed by atoms with Gasteiger partial charge in [0.25, 0.3) is 0 Å². The summed E-state index contributed by atoms with van der Waals surface area (Å²) < 4.78 is 23.3. The molecule has 11 rings (SSSR count). The summed E-state index contributed by atoms with van der Waals surface area (Å²) >= 11 is 0. The van der Waals surface area contributed by atoms with Gasteiger partial charge < -0.3 is 19.1 Å². The Labute approximate surface area is 393 Å². The zero-order valence-corrected chi connectivity index (χ0v) is 38.2. The number of hydrogen-bond acceptors (Lipinski definition) is 4. The first-order chi connectivity index (χ1) is 31.3. The third kappa shape index (κ3) is 7.79. The molecule has 1 aliphatic heterocycles. The van der Waals surface area contributed by atoms with Crippen molar-refractivity contribution in [3.05, 3.63) is 224 Å². The van der Waals surface area contributed by atoms with Crippen LogP contribution in [0.3, 0.4) is 0 Å². The standard InChI is InChI=1S/C58H42FN4O.Pt/c1-58(2,3)43-31-32-60-56(35-43)63-52-22-11-10-19-50(52)51-30-29-46(37-55(51)63)64-47-34-42(39-15-6-4-7-16-39)33-45(36-47)61-38-62(54-24-13-12-23-53(54)61)57-48(40-17-8-5-9-18-40)20-14-21-49(57)41-25-27-44(59)28-26-41;/h4-35,38H,1-3H3;/q-3;. The van der Waals surface area contributed by atoms with Crippen LogP contribution in [0.4, 0.5) is 27.1 Å². The van der Waals surface area contributed by atoms with Crippen LogP contribution in [0.25, 0.3) is 61.0 Å². The predicted octanol–water partition coefficient (Wildman–Crippen LogP) is 15.4. The van der Waals surface area contributed by atoms with Gasteiger partial charge >= 0.3 is 0 Å². The summed E-state index contributed by atoms with van der Waals surface area (Å²) in [5.74, 6) is 1.66. The summed E-state index contributed by atoms with van der Waals surface area (Å²) in [6.45, 7) is 8.78.